The van der Waals surface area contributed by atoms with Gasteiger partial charge in [-0.05, 0) is 42.3 Å². The molecule has 3 N–H and O–H groups in total. The summed E-state index contributed by atoms with van der Waals surface area (Å²) in [6, 6.07) is 15.0. The predicted octanol–water partition coefficient (Wildman–Crippen LogP) is 2.89. The lowest BCUT2D eigenvalue weighted by Crippen LogP contribution is -2.13. The minimum absolute atomic E-state index is 0.0396. The molecule has 162 valence electrons. The molecule has 2 aromatic carbocycles. The number of aryl methyl sites for hydroxylation is 1. The van der Waals surface area contributed by atoms with Crippen molar-refractivity contribution in [3.63, 3.8) is 0 Å². The smallest absolute Gasteiger partial charge is 0.238 e. The number of nitrogens with two attached hydrogens (primary N) is 1. The molecular weight excluding hydrogens is 418 g/mol. The Morgan fingerprint density at radius 1 is 1.06 bits per heavy atom. The molecule has 3 rings (SSSR count). The van der Waals surface area contributed by atoms with Crippen LogP contribution in [-0.4, -0.2) is 26.4 Å². The maximum absolute atomic E-state index is 12.3. The largest absolute Gasteiger partial charge is 0.493 e. The molecule has 0 spiro atoms. The van der Waals surface area contributed by atoms with E-state index in [1.165, 1.54) is 12.1 Å². The van der Waals surface area contributed by atoms with Gasteiger partial charge in [0.2, 0.25) is 15.9 Å². The Hall–Kier alpha value is -3.43. The average molecular weight is 442 g/mol. The van der Waals surface area contributed by atoms with Crippen LogP contribution in [0, 0.1) is 0 Å². The Kier molecular flexibility index (Phi) is 7.22. The molecule has 1 heterocycles. The van der Waals surface area contributed by atoms with Gasteiger partial charge >= 0.3 is 0 Å². The average Bonchev–Trinajstić information content (AvgIpc) is 2.77. The molecule has 1 amide bonds. The predicted molar refractivity (Wildman–Crippen MR) is 116 cm³/mol. The fourth-order valence-corrected chi connectivity index (χ4v) is 3.35. The number of ether oxygens (including phenoxy) is 2. The van der Waals surface area contributed by atoms with Crippen LogP contribution in [0.25, 0.3) is 0 Å². The van der Waals surface area contributed by atoms with Crippen molar-refractivity contribution in [1.82, 2.24) is 4.98 Å². The number of amides is 1. The normalized spacial score (nSPS) is 11.0. The van der Waals surface area contributed by atoms with Crippen molar-refractivity contribution in [3.05, 3.63) is 78.1 Å². The molecule has 9 heteroatoms. The van der Waals surface area contributed by atoms with Gasteiger partial charge in [0.1, 0.15) is 6.61 Å². The number of sulfonamides is 1. The molecule has 1 aromatic heterocycles. The van der Waals surface area contributed by atoms with Gasteiger partial charge in [-0.3, -0.25) is 9.78 Å². The van der Waals surface area contributed by atoms with E-state index in [4.69, 9.17) is 14.6 Å². The highest BCUT2D eigenvalue weighted by molar-refractivity contribution is 7.89. The molecule has 0 radical (unpaired) electrons. The Balaban J connectivity index is 1.59. The molecular formula is C22H23N3O5S. The van der Waals surface area contributed by atoms with Crippen molar-refractivity contribution < 1.29 is 22.7 Å². The summed E-state index contributed by atoms with van der Waals surface area (Å²) in [6.07, 6.45) is 4.09. The summed E-state index contributed by atoms with van der Waals surface area (Å²) in [4.78, 5) is 16.4. The maximum atomic E-state index is 12.3. The zero-order chi connectivity index (χ0) is 22.3. The van der Waals surface area contributed by atoms with Crippen LogP contribution in [0.4, 0.5) is 5.69 Å². The van der Waals surface area contributed by atoms with Crippen LogP contribution in [0.1, 0.15) is 17.5 Å². The van der Waals surface area contributed by atoms with Crippen LogP contribution in [0.3, 0.4) is 0 Å². The molecule has 31 heavy (non-hydrogen) atoms. The second kappa shape index (κ2) is 10.1. The molecule has 0 saturated carbocycles. The molecule has 0 bridgehead atoms. The van der Waals surface area contributed by atoms with E-state index in [0.717, 1.165) is 11.1 Å². The Bertz CT molecular complexity index is 1130. The highest BCUT2D eigenvalue weighted by Gasteiger charge is 2.10. The lowest BCUT2D eigenvalue weighted by molar-refractivity contribution is -0.116. The fourth-order valence-electron chi connectivity index (χ4n) is 2.84. The minimum atomic E-state index is -3.73. The first kappa shape index (κ1) is 22.3. The van der Waals surface area contributed by atoms with Gasteiger partial charge in [0.15, 0.2) is 11.5 Å². The highest BCUT2D eigenvalue weighted by atomic mass is 32.2. The summed E-state index contributed by atoms with van der Waals surface area (Å²) in [7, 11) is -2.18. The van der Waals surface area contributed by atoms with Crippen LogP contribution >= 0.6 is 0 Å². The number of nitrogens with zero attached hydrogens (tertiary/aromatic N) is 1. The monoisotopic (exact) mass is 441 g/mol. The molecule has 0 unspecified atom stereocenters. The summed E-state index contributed by atoms with van der Waals surface area (Å²) < 4.78 is 33.8. The third-order valence-corrected chi connectivity index (χ3v) is 5.39. The van der Waals surface area contributed by atoms with Crippen LogP contribution < -0.4 is 19.9 Å². The van der Waals surface area contributed by atoms with Gasteiger partial charge < -0.3 is 14.8 Å². The molecule has 0 fully saturated rings. The summed E-state index contributed by atoms with van der Waals surface area (Å²) in [5.41, 5.74) is 2.32. The zero-order valence-electron chi connectivity index (χ0n) is 16.9. The van der Waals surface area contributed by atoms with E-state index in [1.807, 2.05) is 12.1 Å². The van der Waals surface area contributed by atoms with E-state index in [9.17, 15) is 13.2 Å². The number of pyridine rings is 1. The number of nitrogens with one attached hydrogen (secondary N) is 1. The van der Waals surface area contributed by atoms with E-state index < -0.39 is 10.0 Å². The first-order chi connectivity index (χ1) is 14.8. The third kappa shape index (κ3) is 6.53. The topological polar surface area (TPSA) is 121 Å². The molecule has 8 nitrogen and oxygen atoms in total. The lowest BCUT2D eigenvalue weighted by atomic mass is 10.1. The number of methoxy groups -OCH3 is 1. The minimum Gasteiger partial charge on any atom is -0.493 e. The third-order valence-electron chi connectivity index (χ3n) is 4.46. The molecule has 0 aliphatic heterocycles. The van der Waals surface area contributed by atoms with E-state index in [0.29, 0.717) is 30.2 Å². The van der Waals surface area contributed by atoms with Crippen molar-refractivity contribution >= 4 is 21.6 Å². The van der Waals surface area contributed by atoms with Gasteiger partial charge in [-0.15, -0.1) is 0 Å². The number of hydrogen-bond acceptors (Lipinski definition) is 6. The van der Waals surface area contributed by atoms with Crippen molar-refractivity contribution in [2.45, 2.75) is 24.3 Å². The van der Waals surface area contributed by atoms with Crippen LogP contribution in [0.5, 0.6) is 11.5 Å². The molecule has 3 aromatic rings. The fraction of sp³-hybridized carbons (Fsp3) is 0.182. The molecule has 0 aliphatic rings. The van der Waals surface area contributed by atoms with Crippen molar-refractivity contribution in [2.24, 2.45) is 5.14 Å². The van der Waals surface area contributed by atoms with E-state index in [-0.39, 0.29) is 17.2 Å². The van der Waals surface area contributed by atoms with E-state index in [2.05, 4.69) is 10.3 Å². The maximum Gasteiger partial charge on any atom is 0.238 e. The molecule has 0 aliphatic carbocycles. The number of primary sulfonamides is 1. The molecule has 0 saturated heterocycles. The quantitative estimate of drug-likeness (QED) is 0.527. The summed E-state index contributed by atoms with van der Waals surface area (Å²) in [6.45, 7) is 0.316. The van der Waals surface area contributed by atoms with Crippen molar-refractivity contribution in [3.8, 4) is 11.5 Å². The number of benzene rings is 2. The van der Waals surface area contributed by atoms with Gasteiger partial charge in [-0.25, -0.2) is 13.6 Å². The number of carbonyl (C=O) groups is 1. The number of hydrogen-bond donors (Lipinski definition) is 2. The number of anilines is 1. The second-order valence-electron chi connectivity index (χ2n) is 6.75. The lowest BCUT2D eigenvalue weighted by Gasteiger charge is -2.13. The van der Waals surface area contributed by atoms with E-state index in [1.54, 1.807) is 49.8 Å². The number of aromatic nitrogens is 1. The van der Waals surface area contributed by atoms with Gasteiger partial charge in [0, 0.05) is 36.1 Å². The Morgan fingerprint density at radius 2 is 1.84 bits per heavy atom. The van der Waals surface area contributed by atoms with Crippen molar-refractivity contribution in [1.29, 1.82) is 0 Å². The van der Waals surface area contributed by atoms with Gasteiger partial charge in [0.25, 0.3) is 0 Å². The zero-order valence-corrected chi connectivity index (χ0v) is 17.8. The van der Waals surface area contributed by atoms with Gasteiger partial charge in [0.05, 0.1) is 12.0 Å². The SMILES string of the molecule is COc1ccc(NC(=O)CCc2ccc(S(N)(=O)=O)cc2)cc1OCc1cccnc1. The van der Waals surface area contributed by atoms with Crippen LogP contribution in [-0.2, 0) is 27.8 Å². The van der Waals surface area contributed by atoms with Crippen molar-refractivity contribution in [2.75, 3.05) is 12.4 Å². The summed E-state index contributed by atoms with van der Waals surface area (Å²) in [5, 5.41) is 7.92. The van der Waals surface area contributed by atoms with Gasteiger partial charge in [-0.2, -0.15) is 0 Å². The summed E-state index contributed by atoms with van der Waals surface area (Å²) in [5.74, 6) is 0.874. The second-order valence-corrected chi connectivity index (χ2v) is 8.31. The van der Waals surface area contributed by atoms with Crippen LogP contribution in [0.15, 0.2) is 71.9 Å². The standard InChI is InChI=1S/C22H23N3O5S/c1-29-20-10-7-18(13-21(20)30-15-17-3-2-12-24-14-17)25-22(26)11-6-16-4-8-19(9-5-16)31(23,27)28/h2-5,7-10,12-14H,6,11,15H2,1H3,(H,25,26)(H2,23,27,28). The Labute approximate surface area is 181 Å². The van der Waals surface area contributed by atoms with Crippen LogP contribution in [0.2, 0.25) is 0 Å². The first-order valence-electron chi connectivity index (χ1n) is 9.46. The van der Waals surface area contributed by atoms with Gasteiger partial charge in [-0.1, -0.05) is 18.2 Å². The number of rotatable bonds is 9. The van der Waals surface area contributed by atoms with E-state index >= 15 is 0 Å². The molecule has 0 atom stereocenters. The number of carbonyl (C=O) groups excluding carboxylic acids is 1. The highest BCUT2D eigenvalue weighted by Crippen LogP contribution is 2.31. The summed E-state index contributed by atoms with van der Waals surface area (Å²) >= 11 is 0. The first-order valence-corrected chi connectivity index (χ1v) is 11.0. The Morgan fingerprint density at radius 3 is 2.48 bits per heavy atom.